The minimum Gasteiger partial charge on any atom is -0.480 e. The Morgan fingerprint density at radius 2 is 2.32 bits per heavy atom. The van der Waals surface area contributed by atoms with E-state index in [-0.39, 0.29) is 12.5 Å². The highest BCUT2D eigenvalue weighted by molar-refractivity contribution is 5.69. The van der Waals surface area contributed by atoms with E-state index in [1.165, 1.54) is 0 Å². The number of hydrogen-bond acceptors (Lipinski definition) is 5. The van der Waals surface area contributed by atoms with Crippen molar-refractivity contribution in [3.63, 3.8) is 0 Å². The first-order valence-corrected chi connectivity index (χ1v) is 7.41. The van der Waals surface area contributed by atoms with Crippen LogP contribution in [0.2, 0.25) is 0 Å². The Morgan fingerprint density at radius 3 is 3.05 bits per heavy atom. The number of rotatable bonds is 5. The van der Waals surface area contributed by atoms with Crippen LogP contribution >= 0.6 is 0 Å². The van der Waals surface area contributed by atoms with Crippen LogP contribution in [0.4, 0.5) is 0 Å². The van der Waals surface area contributed by atoms with Gasteiger partial charge in [0.1, 0.15) is 5.82 Å². The van der Waals surface area contributed by atoms with Crippen molar-refractivity contribution in [1.82, 2.24) is 29.2 Å². The molecule has 8 nitrogen and oxygen atoms in total. The smallest absolute Gasteiger partial charge is 0.317 e. The van der Waals surface area contributed by atoms with E-state index >= 15 is 0 Å². The molecular formula is C14H20N6O2. The van der Waals surface area contributed by atoms with Gasteiger partial charge < -0.3 is 14.2 Å². The van der Waals surface area contributed by atoms with Crippen LogP contribution < -0.4 is 0 Å². The van der Waals surface area contributed by atoms with Crippen molar-refractivity contribution in [3.8, 4) is 0 Å². The number of imidazole rings is 1. The number of hydrogen-bond donors (Lipinski definition) is 1. The molecule has 22 heavy (non-hydrogen) atoms. The van der Waals surface area contributed by atoms with Gasteiger partial charge in [-0.05, 0) is 19.4 Å². The Morgan fingerprint density at radius 1 is 1.45 bits per heavy atom. The Hall–Kier alpha value is -2.22. The Bertz CT molecular complexity index is 636. The largest absolute Gasteiger partial charge is 0.480 e. The number of carbonyl (C=O) groups is 1. The maximum absolute atomic E-state index is 10.9. The summed E-state index contributed by atoms with van der Waals surface area (Å²) < 4.78 is 3.97. The second-order valence-electron chi connectivity index (χ2n) is 5.74. The Labute approximate surface area is 128 Å². The zero-order chi connectivity index (χ0) is 15.5. The number of piperidine rings is 1. The monoisotopic (exact) mass is 304 g/mol. The standard InChI is InChI=1S/C14H20N6O2/c1-18-12(8-20-6-4-15-10-20)16-17-14(18)11-3-2-5-19(7-11)9-13(21)22/h4,6,10-11H,2-3,5,7-9H2,1H3,(H,21,22). The summed E-state index contributed by atoms with van der Waals surface area (Å²) in [5, 5.41) is 17.6. The minimum atomic E-state index is -0.778. The third kappa shape index (κ3) is 3.16. The van der Waals surface area contributed by atoms with Crippen molar-refractivity contribution in [2.24, 2.45) is 7.05 Å². The molecule has 2 aromatic rings. The summed E-state index contributed by atoms with van der Waals surface area (Å²) in [6.07, 6.45) is 7.39. The third-order valence-corrected chi connectivity index (χ3v) is 4.11. The molecule has 0 spiro atoms. The van der Waals surface area contributed by atoms with Crippen LogP contribution in [0.3, 0.4) is 0 Å². The van der Waals surface area contributed by atoms with E-state index in [0.29, 0.717) is 6.54 Å². The maximum atomic E-state index is 10.9. The van der Waals surface area contributed by atoms with E-state index in [9.17, 15) is 4.79 Å². The van der Waals surface area contributed by atoms with Crippen molar-refractivity contribution in [2.75, 3.05) is 19.6 Å². The van der Waals surface area contributed by atoms with Gasteiger partial charge >= 0.3 is 5.97 Å². The van der Waals surface area contributed by atoms with E-state index in [1.54, 1.807) is 12.5 Å². The molecule has 1 saturated heterocycles. The predicted octanol–water partition coefficient (Wildman–Crippen LogP) is 0.324. The molecule has 0 bridgehead atoms. The second-order valence-corrected chi connectivity index (χ2v) is 5.74. The summed E-state index contributed by atoms with van der Waals surface area (Å²) in [5.74, 6) is 1.27. The first-order valence-electron chi connectivity index (χ1n) is 7.41. The van der Waals surface area contributed by atoms with Crippen molar-refractivity contribution in [1.29, 1.82) is 0 Å². The average molecular weight is 304 g/mol. The van der Waals surface area contributed by atoms with Crippen molar-refractivity contribution in [3.05, 3.63) is 30.4 Å². The first kappa shape index (κ1) is 14.7. The summed E-state index contributed by atoms with van der Waals surface area (Å²) in [4.78, 5) is 16.9. The van der Waals surface area contributed by atoms with E-state index in [1.807, 2.05) is 27.3 Å². The molecular weight excluding hydrogens is 284 g/mol. The highest BCUT2D eigenvalue weighted by Gasteiger charge is 2.26. The van der Waals surface area contributed by atoms with Crippen LogP contribution in [0.25, 0.3) is 0 Å². The van der Waals surface area contributed by atoms with Crippen LogP contribution in [-0.4, -0.2) is 59.9 Å². The zero-order valence-corrected chi connectivity index (χ0v) is 12.6. The number of nitrogens with zero attached hydrogens (tertiary/aromatic N) is 6. The molecule has 3 rings (SSSR count). The fourth-order valence-electron chi connectivity index (χ4n) is 3.01. The van der Waals surface area contributed by atoms with Gasteiger partial charge in [-0.2, -0.15) is 0 Å². The summed E-state index contributed by atoms with van der Waals surface area (Å²) >= 11 is 0. The molecule has 1 atom stereocenters. The lowest BCUT2D eigenvalue weighted by molar-refractivity contribution is -0.138. The lowest BCUT2D eigenvalue weighted by Crippen LogP contribution is -2.38. The molecule has 1 aliphatic rings. The van der Waals surface area contributed by atoms with Crippen LogP contribution in [0, 0.1) is 0 Å². The van der Waals surface area contributed by atoms with Crippen LogP contribution in [0.1, 0.15) is 30.4 Å². The molecule has 0 amide bonds. The van der Waals surface area contributed by atoms with Gasteiger partial charge in [0.15, 0.2) is 5.82 Å². The van der Waals surface area contributed by atoms with Gasteiger partial charge in [-0.25, -0.2) is 4.98 Å². The molecule has 0 saturated carbocycles. The quantitative estimate of drug-likeness (QED) is 0.856. The van der Waals surface area contributed by atoms with E-state index in [0.717, 1.165) is 37.6 Å². The van der Waals surface area contributed by atoms with Crippen molar-refractivity contribution < 1.29 is 9.90 Å². The summed E-state index contributed by atoms with van der Waals surface area (Å²) in [7, 11) is 1.97. The molecule has 8 heteroatoms. The van der Waals surface area contributed by atoms with E-state index in [4.69, 9.17) is 5.11 Å². The normalized spacial score (nSPS) is 19.4. The van der Waals surface area contributed by atoms with Gasteiger partial charge in [0.2, 0.25) is 0 Å². The molecule has 1 unspecified atom stereocenters. The van der Waals surface area contributed by atoms with Gasteiger partial charge in [-0.15, -0.1) is 10.2 Å². The fourth-order valence-corrected chi connectivity index (χ4v) is 3.01. The first-order chi connectivity index (χ1) is 10.6. The Kier molecular flexibility index (Phi) is 4.19. The van der Waals surface area contributed by atoms with Crippen LogP contribution in [0.15, 0.2) is 18.7 Å². The van der Waals surface area contributed by atoms with E-state index < -0.39 is 5.97 Å². The number of carboxylic acid groups (broad SMARTS) is 1. The molecule has 2 aromatic heterocycles. The van der Waals surface area contributed by atoms with Gasteiger partial charge in [0.25, 0.3) is 0 Å². The average Bonchev–Trinajstić information content (AvgIpc) is 3.10. The number of likely N-dealkylation sites (tertiary alicyclic amines) is 1. The number of aromatic nitrogens is 5. The minimum absolute atomic E-state index is 0.0935. The van der Waals surface area contributed by atoms with Crippen molar-refractivity contribution in [2.45, 2.75) is 25.3 Å². The molecule has 1 fully saturated rings. The van der Waals surface area contributed by atoms with Gasteiger partial charge in [0.05, 0.1) is 19.4 Å². The lowest BCUT2D eigenvalue weighted by atomic mass is 9.97. The van der Waals surface area contributed by atoms with Gasteiger partial charge in [-0.3, -0.25) is 9.69 Å². The fraction of sp³-hybridized carbons (Fsp3) is 0.571. The molecule has 1 N–H and O–H groups in total. The second kappa shape index (κ2) is 6.27. The molecule has 0 radical (unpaired) electrons. The molecule has 0 aliphatic carbocycles. The molecule has 1 aliphatic heterocycles. The predicted molar refractivity (Wildman–Crippen MR) is 78.4 cm³/mol. The third-order valence-electron chi connectivity index (χ3n) is 4.11. The maximum Gasteiger partial charge on any atom is 0.317 e. The van der Waals surface area contributed by atoms with Gasteiger partial charge in [-0.1, -0.05) is 0 Å². The summed E-state index contributed by atoms with van der Waals surface area (Å²) in [6.45, 7) is 2.29. The number of aliphatic carboxylic acids is 1. The highest BCUT2D eigenvalue weighted by atomic mass is 16.4. The highest BCUT2D eigenvalue weighted by Crippen LogP contribution is 2.25. The van der Waals surface area contributed by atoms with Crippen LogP contribution in [-0.2, 0) is 18.4 Å². The topological polar surface area (TPSA) is 89.1 Å². The zero-order valence-electron chi connectivity index (χ0n) is 12.6. The van der Waals surface area contributed by atoms with Crippen molar-refractivity contribution >= 4 is 5.97 Å². The molecule has 3 heterocycles. The molecule has 118 valence electrons. The van der Waals surface area contributed by atoms with Gasteiger partial charge in [0, 0.05) is 31.9 Å². The summed E-state index contributed by atoms with van der Waals surface area (Å²) in [5.41, 5.74) is 0. The number of carboxylic acids is 1. The Balaban J connectivity index is 1.71. The SMILES string of the molecule is Cn1c(Cn2ccnc2)nnc1C1CCCN(CC(=O)O)C1. The summed E-state index contributed by atoms with van der Waals surface area (Å²) in [6, 6.07) is 0. The molecule has 0 aromatic carbocycles. The van der Waals surface area contributed by atoms with E-state index in [2.05, 4.69) is 15.2 Å². The van der Waals surface area contributed by atoms with Crippen LogP contribution in [0.5, 0.6) is 0 Å². The lowest BCUT2D eigenvalue weighted by Gasteiger charge is -2.30.